The number of rotatable bonds is 6. The van der Waals surface area contributed by atoms with E-state index >= 15 is 0 Å². The molecular weight excluding hydrogens is 436 g/mol. The lowest BCUT2D eigenvalue weighted by molar-refractivity contribution is -0.123. The van der Waals surface area contributed by atoms with Crippen LogP contribution in [0.15, 0.2) is 53.8 Å². The molecule has 0 fully saturated rings. The molecule has 2 aromatic carbocycles. The first-order chi connectivity index (χ1) is 14.3. The van der Waals surface area contributed by atoms with Crippen molar-refractivity contribution in [1.82, 2.24) is 9.55 Å². The molecule has 1 heterocycles. The highest BCUT2D eigenvalue weighted by Crippen LogP contribution is 2.23. The van der Waals surface area contributed by atoms with Gasteiger partial charge in [0, 0.05) is 10.7 Å². The third kappa shape index (κ3) is 4.80. The minimum absolute atomic E-state index is 0.0586. The second-order valence-corrected chi connectivity index (χ2v) is 7.31. The Morgan fingerprint density at radius 1 is 1.20 bits per heavy atom. The van der Waals surface area contributed by atoms with E-state index < -0.39 is 29.6 Å². The van der Waals surface area contributed by atoms with Gasteiger partial charge >= 0.3 is 5.97 Å². The maximum absolute atomic E-state index is 13.9. The highest BCUT2D eigenvalue weighted by Gasteiger charge is 2.24. The second-order valence-electron chi connectivity index (χ2n) is 6.10. The fraction of sp³-hybridized carbons (Fsp3) is 0.150. The van der Waals surface area contributed by atoms with Gasteiger partial charge in [0.05, 0.1) is 11.9 Å². The Morgan fingerprint density at radius 2 is 1.90 bits per heavy atom. The van der Waals surface area contributed by atoms with Gasteiger partial charge < -0.3 is 10.1 Å². The van der Waals surface area contributed by atoms with E-state index in [1.165, 1.54) is 65.8 Å². The summed E-state index contributed by atoms with van der Waals surface area (Å²) in [6.45, 7) is 1.36. The highest BCUT2D eigenvalue weighted by atomic mass is 35.5. The molecule has 1 atom stereocenters. The van der Waals surface area contributed by atoms with Gasteiger partial charge in [0.2, 0.25) is 0 Å². The van der Waals surface area contributed by atoms with Crippen molar-refractivity contribution in [3.05, 3.63) is 71.0 Å². The molecule has 156 valence electrons. The molecule has 30 heavy (non-hydrogen) atoms. The highest BCUT2D eigenvalue weighted by molar-refractivity contribution is 7.98. The summed E-state index contributed by atoms with van der Waals surface area (Å²) in [5.74, 6) is -2.67. The van der Waals surface area contributed by atoms with E-state index in [0.717, 1.165) is 6.07 Å². The first-order valence-electron chi connectivity index (χ1n) is 8.64. The van der Waals surface area contributed by atoms with E-state index in [1.54, 1.807) is 6.26 Å². The standard InChI is InChI=1S/C20H16ClF2N3O3S/c1-11(18(27)25-16-8-3-12(21)9-15(16)23)29-19(28)17-10-24-20(30-2)26(17)14-6-4-13(22)5-7-14/h3-11H,1-2H3,(H,25,27). The minimum atomic E-state index is -1.22. The van der Waals surface area contributed by atoms with E-state index in [1.807, 2.05) is 0 Å². The molecule has 0 saturated carbocycles. The topological polar surface area (TPSA) is 73.2 Å². The summed E-state index contributed by atoms with van der Waals surface area (Å²) in [7, 11) is 0. The van der Waals surface area contributed by atoms with Gasteiger partial charge in [0.25, 0.3) is 5.91 Å². The molecule has 10 heteroatoms. The summed E-state index contributed by atoms with van der Waals surface area (Å²) in [4.78, 5) is 29.2. The lowest BCUT2D eigenvalue weighted by Gasteiger charge is -2.15. The summed E-state index contributed by atoms with van der Waals surface area (Å²) in [6, 6.07) is 9.27. The van der Waals surface area contributed by atoms with E-state index in [2.05, 4.69) is 10.3 Å². The third-order valence-electron chi connectivity index (χ3n) is 4.05. The number of nitrogens with one attached hydrogen (secondary N) is 1. The minimum Gasteiger partial charge on any atom is -0.448 e. The second kappa shape index (κ2) is 9.27. The van der Waals surface area contributed by atoms with Crippen molar-refractivity contribution in [3.8, 4) is 5.69 Å². The van der Waals surface area contributed by atoms with Crippen LogP contribution >= 0.6 is 23.4 Å². The van der Waals surface area contributed by atoms with Crippen LogP contribution in [0.2, 0.25) is 5.02 Å². The van der Waals surface area contributed by atoms with Gasteiger partial charge in [-0.05, 0) is 55.6 Å². The quantitative estimate of drug-likeness (QED) is 0.434. The number of thioether (sulfide) groups is 1. The Balaban J connectivity index is 1.77. The van der Waals surface area contributed by atoms with Gasteiger partial charge in [0.1, 0.15) is 11.6 Å². The van der Waals surface area contributed by atoms with Crippen LogP contribution in [-0.2, 0) is 9.53 Å². The van der Waals surface area contributed by atoms with Crippen molar-refractivity contribution in [2.45, 2.75) is 18.2 Å². The maximum atomic E-state index is 13.9. The molecule has 0 spiro atoms. The number of halogens is 3. The molecule has 0 aliphatic carbocycles. The molecule has 3 rings (SSSR count). The van der Waals surface area contributed by atoms with Gasteiger partial charge in [-0.2, -0.15) is 0 Å². The van der Waals surface area contributed by atoms with Crippen LogP contribution in [0, 0.1) is 11.6 Å². The van der Waals surface area contributed by atoms with E-state index in [0.29, 0.717) is 10.8 Å². The number of imidazole rings is 1. The van der Waals surface area contributed by atoms with Gasteiger partial charge in [0.15, 0.2) is 17.0 Å². The molecule has 3 aromatic rings. The molecule has 6 nitrogen and oxygen atoms in total. The molecule has 1 aromatic heterocycles. The zero-order chi connectivity index (χ0) is 21.8. The number of aromatic nitrogens is 2. The Bertz CT molecular complexity index is 1090. The lowest BCUT2D eigenvalue weighted by atomic mass is 10.2. The Kier molecular flexibility index (Phi) is 6.73. The van der Waals surface area contributed by atoms with Crippen molar-refractivity contribution in [1.29, 1.82) is 0 Å². The van der Waals surface area contributed by atoms with Crippen molar-refractivity contribution in [2.75, 3.05) is 11.6 Å². The van der Waals surface area contributed by atoms with Crippen LogP contribution in [0.4, 0.5) is 14.5 Å². The smallest absolute Gasteiger partial charge is 0.357 e. The van der Waals surface area contributed by atoms with Crippen molar-refractivity contribution in [2.24, 2.45) is 0 Å². The first-order valence-corrected chi connectivity index (χ1v) is 10.2. The average molecular weight is 452 g/mol. The van der Waals surface area contributed by atoms with Gasteiger partial charge in [-0.3, -0.25) is 9.36 Å². The summed E-state index contributed by atoms with van der Waals surface area (Å²) >= 11 is 6.97. The fourth-order valence-electron chi connectivity index (χ4n) is 2.56. The number of nitrogens with zero attached hydrogens (tertiary/aromatic N) is 2. The van der Waals surface area contributed by atoms with Crippen molar-refractivity contribution in [3.63, 3.8) is 0 Å². The molecule has 0 bridgehead atoms. The van der Waals surface area contributed by atoms with Crippen LogP contribution in [-0.4, -0.2) is 33.8 Å². The van der Waals surface area contributed by atoms with E-state index in [4.69, 9.17) is 16.3 Å². The number of anilines is 1. The summed E-state index contributed by atoms with van der Waals surface area (Å²) < 4.78 is 33.9. The zero-order valence-corrected chi connectivity index (χ0v) is 17.4. The Labute approximate surface area is 180 Å². The van der Waals surface area contributed by atoms with E-state index in [-0.39, 0.29) is 16.4 Å². The van der Waals surface area contributed by atoms with Crippen molar-refractivity contribution < 1.29 is 23.1 Å². The Morgan fingerprint density at radius 3 is 2.53 bits per heavy atom. The van der Waals surface area contributed by atoms with E-state index in [9.17, 15) is 18.4 Å². The average Bonchev–Trinajstić information content (AvgIpc) is 3.14. The van der Waals surface area contributed by atoms with Gasteiger partial charge in [-0.25, -0.2) is 18.6 Å². The third-order valence-corrected chi connectivity index (χ3v) is 4.94. The van der Waals surface area contributed by atoms with Crippen LogP contribution in [0.3, 0.4) is 0 Å². The Hall–Kier alpha value is -2.91. The number of benzene rings is 2. The monoisotopic (exact) mass is 451 g/mol. The number of carbonyl (C=O) groups is 2. The number of amides is 1. The number of ether oxygens (including phenoxy) is 1. The van der Waals surface area contributed by atoms with Crippen LogP contribution in [0.25, 0.3) is 5.69 Å². The van der Waals surface area contributed by atoms with Crippen LogP contribution < -0.4 is 5.32 Å². The van der Waals surface area contributed by atoms with Crippen molar-refractivity contribution >= 4 is 40.9 Å². The van der Waals surface area contributed by atoms with Gasteiger partial charge in [-0.15, -0.1) is 0 Å². The molecule has 1 amide bonds. The maximum Gasteiger partial charge on any atom is 0.357 e. The lowest BCUT2D eigenvalue weighted by Crippen LogP contribution is -2.30. The molecule has 0 radical (unpaired) electrons. The summed E-state index contributed by atoms with van der Waals surface area (Å²) in [5, 5.41) is 3.01. The zero-order valence-electron chi connectivity index (χ0n) is 15.9. The largest absolute Gasteiger partial charge is 0.448 e. The predicted molar refractivity (Wildman–Crippen MR) is 110 cm³/mol. The SMILES string of the molecule is CSc1ncc(C(=O)OC(C)C(=O)Nc2ccc(Cl)cc2F)n1-c1ccc(F)cc1. The first kappa shape index (κ1) is 21.8. The van der Waals surface area contributed by atoms with Crippen LogP contribution in [0.5, 0.6) is 0 Å². The summed E-state index contributed by atoms with van der Waals surface area (Å²) in [6.07, 6.45) is 1.86. The number of hydrogen-bond donors (Lipinski definition) is 1. The number of esters is 1. The molecule has 0 aliphatic rings. The number of carbonyl (C=O) groups excluding carboxylic acids is 2. The molecular formula is C20H16ClF2N3O3S. The molecule has 0 saturated heterocycles. The summed E-state index contributed by atoms with van der Waals surface area (Å²) in [5.41, 5.74) is 0.474. The van der Waals surface area contributed by atoms with Crippen LogP contribution in [0.1, 0.15) is 17.4 Å². The molecule has 0 aliphatic heterocycles. The molecule has 1 N–H and O–H groups in total. The fourth-order valence-corrected chi connectivity index (χ4v) is 3.27. The van der Waals surface area contributed by atoms with Gasteiger partial charge in [-0.1, -0.05) is 23.4 Å². The number of hydrogen-bond acceptors (Lipinski definition) is 5. The molecule has 1 unspecified atom stereocenters. The predicted octanol–water partition coefficient (Wildman–Crippen LogP) is 4.71. The normalized spacial score (nSPS) is 11.8.